The molecule has 5 atom stereocenters. The smallest absolute Gasteiger partial charge is 0.319 e. The first-order valence-electron chi connectivity index (χ1n) is 18.3. The number of nitrogens with one attached hydrogen (secondary N) is 2. The van der Waals surface area contributed by atoms with Crippen molar-refractivity contribution < 1.29 is 22.3 Å². The van der Waals surface area contributed by atoms with Crippen LogP contribution < -0.4 is 21.1 Å². The van der Waals surface area contributed by atoms with Gasteiger partial charge in [0.25, 0.3) is 0 Å². The van der Waals surface area contributed by atoms with Gasteiger partial charge in [-0.1, -0.05) is 65.7 Å². The number of pyridine rings is 1. The highest BCUT2D eigenvalue weighted by Crippen LogP contribution is 2.43. The van der Waals surface area contributed by atoms with E-state index in [2.05, 4.69) is 38.0 Å². The minimum absolute atomic E-state index is 0.0567. The van der Waals surface area contributed by atoms with Crippen LogP contribution in [0.1, 0.15) is 78.5 Å². The van der Waals surface area contributed by atoms with Gasteiger partial charge in [-0.05, 0) is 68.2 Å². The van der Waals surface area contributed by atoms with Gasteiger partial charge in [-0.2, -0.15) is 9.97 Å². The number of anilines is 2. The molecule has 4 unspecified atom stereocenters. The number of halogens is 4. The number of hydrogen-bond acceptors (Lipinski definition) is 8. The van der Waals surface area contributed by atoms with E-state index in [4.69, 9.17) is 21.9 Å². The maximum atomic E-state index is 17.0. The number of rotatable bonds is 8. The summed E-state index contributed by atoms with van der Waals surface area (Å²) in [5.41, 5.74) is 7.66. The quantitative estimate of drug-likeness (QED) is 0.0549. The maximum absolute atomic E-state index is 17.0. The van der Waals surface area contributed by atoms with Crippen molar-refractivity contribution in [3.63, 3.8) is 0 Å². The molecular formula is C40H49F4N7O. The molecule has 8 nitrogen and oxygen atoms in total. The molecule has 3 aliphatic rings. The van der Waals surface area contributed by atoms with Crippen LogP contribution in [-0.2, 0) is 6.42 Å². The highest BCUT2D eigenvalue weighted by Gasteiger charge is 2.46. The normalized spacial score (nSPS) is 21.9. The molecule has 0 aliphatic carbocycles. The zero-order valence-electron chi connectivity index (χ0n) is 30.8. The summed E-state index contributed by atoms with van der Waals surface area (Å²) in [6, 6.07) is 4.83. The lowest BCUT2D eigenvalue weighted by atomic mass is 9.93. The third-order valence-electron chi connectivity index (χ3n) is 9.98. The van der Waals surface area contributed by atoms with E-state index in [1.54, 1.807) is 19.9 Å². The van der Waals surface area contributed by atoms with Crippen molar-refractivity contribution in [3.05, 3.63) is 59.3 Å². The van der Waals surface area contributed by atoms with E-state index < -0.39 is 36.2 Å². The molecule has 12 heteroatoms. The lowest BCUT2D eigenvalue weighted by Crippen LogP contribution is -2.47. The van der Waals surface area contributed by atoms with Gasteiger partial charge >= 0.3 is 6.01 Å². The molecule has 2 saturated heterocycles. The molecule has 3 aliphatic heterocycles. The van der Waals surface area contributed by atoms with Crippen molar-refractivity contribution in [2.24, 2.45) is 5.92 Å². The number of nitrogen functional groups attached to an aromatic ring is 1. The second-order valence-electron chi connectivity index (χ2n) is 13.3. The second kappa shape index (κ2) is 16.0. The number of ether oxygens (including phenoxy) is 1. The van der Waals surface area contributed by atoms with Crippen molar-refractivity contribution in [1.82, 2.24) is 25.2 Å². The predicted molar refractivity (Wildman–Crippen MR) is 202 cm³/mol. The zero-order valence-corrected chi connectivity index (χ0v) is 30.8. The van der Waals surface area contributed by atoms with Gasteiger partial charge in [-0.15, -0.1) is 6.42 Å². The van der Waals surface area contributed by atoms with Crippen molar-refractivity contribution in [1.29, 1.82) is 0 Å². The molecule has 2 aromatic heterocycles. The lowest BCUT2D eigenvalue weighted by Gasteiger charge is -2.31. The van der Waals surface area contributed by atoms with Gasteiger partial charge in [-0.25, -0.2) is 22.5 Å². The molecule has 0 spiro atoms. The van der Waals surface area contributed by atoms with Crippen LogP contribution in [0.4, 0.5) is 29.1 Å². The summed E-state index contributed by atoms with van der Waals surface area (Å²) in [6.07, 6.45) is 5.29. The van der Waals surface area contributed by atoms with Crippen LogP contribution >= 0.6 is 0 Å². The number of aromatic nitrogens is 3. The fourth-order valence-corrected chi connectivity index (χ4v) is 7.65. The average Bonchev–Trinajstić information content (AvgIpc) is 3.62. The Hall–Kier alpha value is -4.47. The summed E-state index contributed by atoms with van der Waals surface area (Å²) in [5.74, 6) is 0.580. The summed E-state index contributed by atoms with van der Waals surface area (Å²) < 4.78 is 68.2. The Balaban J connectivity index is 0.00000126. The number of terminal acetylenes is 1. The number of nitrogens with zero attached hydrogens (tertiary/aromatic N) is 4. The van der Waals surface area contributed by atoms with Crippen LogP contribution in [0.5, 0.6) is 6.01 Å². The largest absolute Gasteiger partial charge is 0.461 e. The first-order valence-corrected chi connectivity index (χ1v) is 18.3. The molecule has 7 rings (SSSR count). The fraction of sp³-hybridized carbons (Fsp3) is 0.475. The van der Waals surface area contributed by atoms with E-state index in [0.29, 0.717) is 16.8 Å². The van der Waals surface area contributed by atoms with Gasteiger partial charge in [-0.3, -0.25) is 10.2 Å². The average molecular weight is 720 g/mol. The van der Waals surface area contributed by atoms with Gasteiger partial charge in [0.1, 0.15) is 29.5 Å². The molecule has 0 radical (unpaired) electrons. The Morgan fingerprint density at radius 3 is 2.62 bits per heavy atom. The maximum Gasteiger partial charge on any atom is 0.319 e. The zero-order chi connectivity index (χ0) is 37.9. The Morgan fingerprint density at radius 1 is 1.15 bits per heavy atom. The van der Waals surface area contributed by atoms with E-state index in [9.17, 15) is 8.78 Å². The van der Waals surface area contributed by atoms with Gasteiger partial charge in [0.2, 0.25) is 0 Å². The lowest BCUT2D eigenvalue weighted by molar-refractivity contribution is 0.108. The number of fused-ring (bicyclic) bond motifs is 2. The molecular weight excluding hydrogens is 670 g/mol. The van der Waals surface area contributed by atoms with Crippen LogP contribution in [-0.4, -0.2) is 63.7 Å². The van der Waals surface area contributed by atoms with Gasteiger partial charge in [0, 0.05) is 23.2 Å². The van der Waals surface area contributed by atoms with Crippen LogP contribution in [0, 0.1) is 29.9 Å². The van der Waals surface area contributed by atoms with E-state index >= 15 is 8.78 Å². The Bertz CT molecular complexity index is 2000. The van der Waals surface area contributed by atoms with Crippen molar-refractivity contribution in [2.45, 2.75) is 97.8 Å². The summed E-state index contributed by atoms with van der Waals surface area (Å²) in [4.78, 5) is 16.3. The van der Waals surface area contributed by atoms with E-state index in [1.165, 1.54) is 18.2 Å². The van der Waals surface area contributed by atoms with Crippen molar-refractivity contribution in [2.75, 3.05) is 30.7 Å². The molecule has 4 N–H and O–H groups in total. The standard InChI is InChI=1S/C36H37F4N7O.2C2H6/c1-5-22-24(37)9-8-20-13-21(41)14-23(27(20)22)31-29(39)32-28-25(42-31)12-19(4)30(33(40)43-26(38)6-2)44-34(28)46-35(45-32)48-17-36-10-7-11-47(36)16-18(3)15-36;2*1-2/h1,8-9,13-14,19,26,30,33,43H,3,6-7,10-12,15-17,41H2,2,4H3,(H,44,45,46);2*1-2H3/t19-,26?,30?,33?,36?;;/m0../s1. The molecule has 52 heavy (non-hydrogen) atoms. The number of nitrogens with two attached hydrogens (primary N) is 1. The Labute approximate surface area is 303 Å². The molecule has 5 heterocycles. The number of hydrogen-bond donors (Lipinski definition) is 3. The fourth-order valence-electron chi connectivity index (χ4n) is 7.65. The molecule has 0 bridgehead atoms. The van der Waals surface area contributed by atoms with Crippen LogP contribution in [0.25, 0.3) is 32.9 Å². The minimum atomic E-state index is -1.81. The highest BCUT2D eigenvalue weighted by molar-refractivity contribution is 6.04. The second-order valence-corrected chi connectivity index (χ2v) is 13.3. The van der Waals surface area contributed by atoms with E-state index in [1.807, 2.05) is 27.7 Å². The van der Waals surface area contributed by atoms with Gasteiger partial charge in [0.15, 0.2) is 18.4 Å². The summed E-state index contributed by atoms with van der Waals surface area (Å²) in [7, 11) is 0. The van der Waals surface area contributed by atoms with Crippen molar-refractivity contribution >= 4 is 33.2 Å². The van der Waals surface area contributed by atoms with Crippen LogP contribution in [0.3, 0.4) is 0 Å². The SMILES string of the molecule is C#Cc1c(F)ccc2cc(N)cc(-c3nc4c5c(nc(OCC67CCCN6CC(=C)C7)nc5c3F)NC(C(F)NC(F)CC)[C@@H](C)C4)c12.CC.CC. The van der Waals surface area contributed by atoms with E-state index in [0.717, 1.165) is 37.9 Å². The summed E-state index contributed by atoms with van der Waals surface area (Å²) >= 11 is 0. The summed E-state index contributed by atoms with van der Waals surface area (Å²) in [5, 5.41) is 6.52. The highest BCUT2D eigenvalue weighted by atomic mass is 19.2. The Morgan fingerprint density at radius 2 is 1.90 bits per heavy atom. The molecule has 0 amide bonds. The van der Waals surface area contributed by atoms with Crippen LogP contribution in [0.2, 0.25) is 0 Å². The van der Waals surface area contributed by atoms with Crippen LogP contribution in [0.15, 0.2) is 36.4 Å². The molecule has 4 aromatic rings. The predicted octanol–water partition coefficient (Wildman–Crippen LogP) is 8.48. The van der Waals surface area contributed by atoms with Crippen molar-refractivity contribution in [3.8, 4) is 29.6 Å². The van der Waals surface area contributed by atoms with Gasteiger partial charge < -0.3 is 15.8 Å². The third-order valence-corrected chi connectivity index (χ3v) is 9.98. The minimum Gasteiger partial charge on any atom is -0.461 e. The first-order chi connectivity index (χ1) is 25.0. The molecule has 2 fully saturated rings. The summed E-state index contributed by atoms with van der Waals surface area (Å²) in [6.45, 7) is 17.5. The third kappa shape index (κ3) is 7.13. The number of alkyl halides is 2. The van der Waals surface area contributed by atoms with Gasteiger partial charge in [0.05, 0.1) is 28.2 Å². The molecule has 2 aromatic carbocycles. The topological polar surface area (TPSA) is 101 Å². The van der Waals surface area contributed by atoms with E-state index in [-0.39, 0.29) is 69.9 Å². The number of benzene rings is 2. The Kier molecular flexibility index (Phi) is 12.0. The first kappa shape index (κ1) is 38.8. The monoisotopic (exact) mass is 719 g/mol. The molecule has 0 saturated carbocycles. The molecule has 278 valence electrons.